The quantitative estimate of drug-likeness (QED) is 0.520. The number of anilines is 4. The zero-order valence-electron chi connectivity index (χ0n) is 18.4. The van der Waals surface area contributed by atoms with E-state index in [1.165, 1.54) is 38.5 Å². The molecule has 0 atom stereocenters. The molecule has 0 saturated heterocycles. The number of rotatable bonds is 4. The topological polar surface area (TPSA) is 79.4 Å². The first-order valence-corrected chi connectivity index (χ1v) is 11.1. The van der Waals surface area contributed by atoms with Crippen LogP contribution >= 0.6 is 0 Å². The highest BCUT2D eigenvalue weighted by Crippen LogP contribution is 2.28. The third kappa shape index (κ3) is 5.55. The highest BCUT2D eigenvalue weighted by atomic mass is 16.5. The van der Waals surface area contributed by atoms with Gasteiger partial charge in [0, 0.05) is 23.1 Å². The number of amides is 2. The summed E-state index contributed by atoms with van der Waals surface area (Å²) in [7, 11) is 1.61. The maximum atomic E-state index is 12.5. The molecule has 0 radical (unpaired) electrons. The predicted octanol–water partition coefficient (Wildman–Crippen LogP) is 6.12. The van der Waals surface area contributed by atoms with Crippen LogP contribution in [0.3, 0.4) is 0 Å². The highest BCUT2D eigenvalue weighted by molar-refractivity contribution is 6.03. The zero-order chi connectivity index (χ0) is 22.2. The first-order chi connectivity index (χ1) is 15.7. The molecule has 5 rings (SSSR count). The monoisotopic (exact) mass is 431 g/mol. The van der Waals surface area contributed by atoms with Crippen molar-refractivity contribution < 1.29 is 9.53 Å². The van der Waals surface area contributed by atoms with Gasteiger partial charge in [-0.1, -0.05) is 56.7 Å². The van der Waals surface area contributed by atoms with Gasteiger partial charge in [-0.05, 0) is 36.4 Å². The molecule has 0 unspecified atom stereocenters. The fourth-order valence-electron chi connectivity index (χ4n) is 3.78. The average Bonchev–Trinajstić information content (AvgIpc) is 2.86. The lowest BCUT2D eigenvalue weighted by Crippen LogP contribution is -2.39. The molecule has 32 heavy (non-hydrogen) atoms. The number of fused-ring (bicyclic) bond motifs is 1. The lowest BCUT2D eigenvalue weighted by Gasteiger charge is -2.28. The number of hydrogen-bond donors (Lipinski definition) is 2. The molecule has 2 N–H and O–H groups in total. The van der Waals surface area contributed by atoms with E-state index in [1.54, 1.807) is 18.2 Å². The molecule has 0 spiro atoms. The second-order valence-electron chi connectivity index (χ2n) is 7.89. The zero-order valence-corrected chi connectivity index (χ0v) is 18.4. The SMILES string of the molecule is C1CCCCC1.COc1ccc(N2Cc3cnc(Nc4ccccc4)nc3NC2=O)cc1. The molecule has 166 valence electrons. The van der Waals surface area contributed by atoms with Crippen molar-refractivity contribution in [1.82, 2.24) is 9.97 Å². The second-order valence-corrected chi connectivity index (χ2v) is 7.89. The first-order valence-electron chi connectivity index (χ1n) is 11.1. The summed E-state index contributed by atoms with van der Waals surface area (Å²) < 4.78 is 5.16. The van der Waals surface area contributed by atoms with E-state index in [4.69, 9.17) is 4.74 Å². The summed E-state index contributed by atoms with van der Waals surface area (Å²) in [5.41, 5.74) is 2.51. The number of carbonyl (C=O) groups is 1. The van der Waals surface area contributed by atoms with Crippen LogP contribution in [-0.4, -0.2) is 23.1 Å². The Hall–Kier alpha value is -3.61. The Bertz CT molecular complexity index is 1010. The fraction of sp³-hybridized carbons (Fsp3) is 0.320. The van der Waals surface area contributed by atoms with Gasteiger partial charge < -0.3 is 10.1 Å². The number of carbonyl (C=O) groups excluding carboxylic acids is 1. The van der Waals surface area contributed by atoms with E-state index in [2.05, 4.69) is 20.6 Å². The molecular formula is C25H29N5O2. The van der Waals surface area contributed by atoms with Gasteiger partial charge in [-0.15, -0.1) is 0 Å². The second kappa shape index (κ2) is 10.6. The van der Waals surface area contributed by atoms with Crippen LogP contribution in [0.2, 0.25) is 0 Å². The molecule has 3 aromatic rings. The molecule has 2 aliphatic rings. The minimum atomic E-state index is -0.230. The number of methoxy groups -OCH3 is 1. The number of urea groups is 1. The molecule has 2 aromatic carbocycles. The van der Waals surface area contributed by atoms with Gasteiger partial charge in [-0.3, -0.25) is 10.2 Å². The van der Waals surface area contributed by atoms with Crippen molar-refractivity contribution in [3.05, 3.63) is 66.4 Å². The van der Waals surface area contributed by atoms with Crippen molar-refractivity contribution in [2.45, 2.75) is 45.1 Å². The number of aromatic nitrogens is 2. The van der Waals surface area contributed by atoms with E-state index in [0.29, 0.717) is 18.3 Å². The van der Waals surface area contributed by atoms with Gasteiger partial charge >= 0.3 is 6.03 Å². The Morgan fingerprint density at radius 1 is 0.938 bits per heavy atom. The Labute approximate surface area is 188 Å². The van der Waals surface area contributed by atoms with Crippen LogP contribution in [0.4, 0.5) is 27.9 Å². The van der Waals surface area contributed by atoms with Crippen molar-refractivity contribution in [3.63, 3.8) is 0 Å². The van der Waals surface area contributed by atoms with Gasteiger partial charge in [0.25, 0.3) is 0 Å². The number of nitrogens with one attached hydrogen (secondary N) is 2. The van der Waals surface area contributed by atoms with Crippen LogP contribution in [0, 0.1) is 0 Å². The number of ether oxygens (including phenoxy) is 1. The minimum absolute atomic E-state index is 0.230. The molecule has 2 heterocycles. The smallest absolute Gasteiger partial charge is 0.327 e. The number of benzene rings is 2. The van der Waals surface area contributed by atoms with Crippen LogP contribution in [-0.2, 0) is 6.54 Å². The normalized spacial score (nSPS) is 15.0. The largest absolute Gasteiger partial charge is 0.497 e. The summed E-state index contributed by atoms with van der Waals surface area (Å²) in [6.07, 6.45) is 10.7. The molecule has 1 aliphatic heterocycles. The van der Waals surface area contributed by atoms with Crippen LogP contribution in [0.5, 0.6) is 5.75 Å². The van der Waals surface area contributed by atoms with Gasteiger partial charge in [-0.25, -0.2) is 9.78 Å². The molecular weight excluding hydrogens is 402 g/mol. The van der Waals surface area contributed by atoms with Crippen molar-refractivity contribution in [2.24, 2.45) is 0 Å². The van der Waals surface area contributed by atoms with Crippen molar-refractivity contribution in [3.8, 4) is 5.75 Å². The molecule has 1 aromatic heterocycles. The number of para-hydroxylation sites is 1. The summed E-state index contributed by atoms with van der Waals surface area (Å²) in [6, 6.07) is 16.7. The maximum Gasteiger partial charge on any atom is 0.327 e. The van der Waals surface area contributed by atoms with Crippen molar-refractivity contribution in [1.29, 1.82) is 0 Å². The van der Waals surface area contributed by atoms with Crippen LogP contribution in [0.15, 0.2) is 60.8 Å². The molecule has 1 fully saturated rings. The molecule has 7 nitrogen and oxygen atoms in total. The number of hydrogen-bond acceptors (Lipinski definition) is 5. The van der Waals surface area contributed by atoms with Gasteiger partial charge in [0.2, 0.25) is 5.95 Å². The summed E-state index contributed by atoms with van der Waals surface area (Å²) in [5, 5.41) is 5.95. The number of nitrogens with zero attached hydrogens (tertiary/aromatic N) is 3. The Kier molecular flexibility index (Phi) is 7.17. The molecule has 1 aliphatic carbocycles. The summed E-state index contributed by atoms with van der Waals surface area (Å²) in [6.45, 7) is 0.402. The van der Waals surface area contributed by atoms with E-state index in [9.17, 15) is 4.79 Å². The lowest BCUT2D eigenvalue weighted by atomic mass is 10.0. The van der Waals surface area contributed by atoms with Gasteiger partial charge in [0.1, 0.15) is 11.6 Å². The van der Waals surface area contributed by atoms with E-state index >= 15 is 0 Å². The van der Waals surface area contributed by atoms with E-state index in [-0.39, 0.29) is 6.03 Å². The van der Waals surface area contributed by atoms with Gasteiger partial charge in [0.15, 0.2) is 0 Å². The van der Waals surface area contributed by atoms with Gasteiger partial charge in [0.05, 0.1) is 13.7 Å². The molecule has 0 bridgehead atoms. The molecule has 7 heteroatoms. The lowest BCUT2D eigenvalue weighted by molar-refractivity contribution is 0.256. The van der Waals surface area contributed by atoms with Gasteiger partial charge in [-0.2, -0.15) is 4.98 Å². The highest BCUT2D eigenvalue weighted by Gasteiger charge is 2.25. The minimum Gasteiger partial charge on any atom is -0.497 e. The van der Waals surface area contributed by atoms with Crippen LogP contribution < -0.4 is 20.3 Å². The van der Waals surface area contributed by atoms with E-state index in [1.807, 2.05) is 54.6 Å². The maximum absolute atomic E-state index is 12.5. The predicted molar refractivity (Wildman–Crippen MR) is 128 cm³/mol. The fourth-order valence-corrected chi connectivity index (χ4v) is 3.78. The van der Waals surface area contributed by atoms with Crippen molar-refractivity contribution >= 4 is 29.2 Å². The Morgan fingerprint density at radius 3 is 2.22 bits per heavy atom. The van der Waals surface area contributed by atoms with Crippen LogP contribution in [0.25, 0.3) is 0 Å². The van der Waals surface area contributed by atoms with Crippen LogP contribution in [0.1, 0.15) is 44.1 Å². The first kappa shape index (κ1) is 21.6. The third-order valence-electron chi connectivity index (χ3n) is 5.58. The summed E-state index contributed by atoms with van der Waals surface area (Å²) in [4.78, 5) is 22.9. The van der Waals surface area contributed by atoms with Crippen molar-refractivity contribution in [2.75, 3.05) is 22.6 Å². The van der Waals surface area contributed by atoms with E-state index < -0.39 is 0 Å². The molecule has 2 amide bonds. The average molecular weight is 432 g/mol. The molecule has 1 saturated carbocycles. The summed E-state index contributed by atoms with van der Waals surface area (Å²) in [5.74, 6) is 1.70. The summed E-state index contributed by atoms with van der Waals surface area (Å²) >= 11 is 0. The third-order valence-corrected chi connectivity index (χ3v) is 5.58. The standard InChI is InChI=1S/C19H17N5O2.C6H12/c1-26-16-9-7-15(8-10-16)24-12-13-11-20-18(22-17(13)23-19(24)25)21-14-5-3-2-4-6-14;1-2-4-6-5-3-1/h2-11H,12H2,1H3,(H2,20,21,22,23,25);1-6H2. The van der Waals surface area contributed by atoms with E-state index in [0.717, 1.165) is 22.7 Å². The Balaban J connectivity index is 0.000000354. The Morgan fingerprint density at radius 2 is 1.59 bits per heavy atom.